The smallest absolute Gasteiger partial charge is 0.326 e. The predicted octanol–water partition coefficient (Wildman–Crippen LogP) is 3.40. The maximum atomic E-state index is 13.2. The number of ether oxygens (including phenoxy) is 1. The lowest BCUT2D eigenvalue weighted by Gasteiger charge is -2.26. The first-order valence-corrected chi connectivity index (χ1v) is 9.76. The van der Waals surface area contributed by atoms with Crippen molar-refractivity contribution >= 4 is 11.9 Å². The van der Waals surface area contributed by atoms with Gasteiger partial charge in [-0.2, -0.15) is 0 Å². The van der Waals surface area contributed by atoms with E-state index < -0.39 is 11.6 Å². The van der Waals surface area contributed by atoms with E-state index in [0.29, 0.717) is 24.3 Å². The van der Waals surface area contributed by atoms with Gasteiger partial charge in [-0.25, -0.2) is 0 Å². The number of pyridine rings is 1. The van der Waals surface area contributed by atoms with Gasteiger partial charge in [0.2, 0.25) is 0 Å². The molecule has 6 nitrogen and oxygen atoms in total. The number of carbonyl (C=O) groups excluding carboxylic acids is 2. The largest absolute Gasteiger partial charge is 0.459 e. The summed E-state index contributed by atoms with van der Waals surface area (Å²) >= 11 is 0. The van der Waals surface area contributed by atoms with Crippen LogP contribution in [0.4, 0.5) is 0 Å². The fourth-order valence-corrected chi connectivity index (χ4v) is 2.83. The van der Waals surface area contributed by atoms with Crippen molar-refractivity contribution in [1.82, 2.24) is 14.8 Å². The van der Waals surface area contributed by atoms with Gasteiger partial charge < -0.3 is 14.5 Å². The van der Waals surface area contributed by atoms with E-state index in [9.17, 15) is 9.59 Å². The summed E-state index contributed by atoms with van der Waals surface area (Å²) in [6.45, 7) is 8.23. The standard InChI is InChI=1S/C23H31N3O3/c1-17-19(12-13-20(24-17)18-10-8-7-9-11-18)22(28)26(15-14-25(5)6)16-21(27)29-23(2,3)4/h7-13H,14-16H2,1-6H3. The SMILES string of the molecule is Cc1nc(-c2ccccc2)ccc1C(=O)N(CCN(C)C)CC(=O)OC(C)(C)C. The van der Waals surface area contributed by atoms with Gasteiger partial charge in [-0.05, 0) is 53.9 Å². The van der Waals surface area contributed by atoms with Crippen LogP contribution in [0.5, 0.6) is 0 Å². The summed E-state index contributed by atoms with van der Waals surface area (Å²) in [5.74, 6) is -0.640. The van der Waals surface area contributed by atoms with Crippen LogP contribution in [0.2, 0.25) is 0 Å². The Kier molecular flexibility index (Phi) is 7.51. The fraction of sp³-hybridized carbons (Fsp3) is 0.435. The first-order chi connectivity index (χ1) is 13.6. The van der Waals surface area contributed by atoms with Crippen molar-refractivity contribution in [3.05, 3.63) is 53.7 Å². The topological polar surface area (TPSA) is 62.7 Å². The number of hydrogen-bond acceptors (Lipinski definition) is 5. The van der Waals surface area contributed by atoms with E-state index in [1.807, 2.05) is 83.1 Å². The lowest BCUT2D eigenvalue weighted by molar-refractivity contribution is -0.155. The number of esters is 1. The average molecular weight is 398 g/mol. The van der Waals surface area contributed by atoms with Gasteiger partial charge in [0.05, 0.1) is 17.0 Å². The Labute approximate surface area is 173 Å². The second-order valence-electron chi connectivity index (χ2n) is 8.31. The Morgan fingerprint density at radius 1 is 1.00 bits per heavy atom. The monoisotopic (exact) mass is 397 g/mol. The molecular formula is C23H31N3O3. The van der Waals surface area contributed by atoms with E-state index in [0.717, 1.165) is 11.3 Å². The second-order valence-corrected chi connectivity index (χ2v) is 8.31. The number of likely N-dealkylation sites (N-methyl/N-ethyl adjacent to an activating group) is 1. The molecular weight excluding hydrogens is 366 g/mol. The van der Waals surface area contributed by atoms with Crippen LogP contribution in [0, 0.1) is 6.92 Å². The second kappa shape index (κ2) is 9.65. The van der Waals surface area contributed by atoms with Crippen LogP contribution < -0.4 is 0 Å². The lowest BCUT2D eigenvalue weighted by Crippen LogP contribution is -2.42. The molecule has 0 aliphatic rings. The van der Waals surface area contributed by atoms with E-state index >= 15 is 0 Å². The molecule has 156 valence electrons. The van der Waals surface area contributed by atoms with Gasteiger partial charge >= 0.3 is 5.97 Å². The first kappa shape index (κ1) is 22.6. The van der Waals surface area contributed by atoms with Crippen molar-refractivity contribution in [2.24, 2.45) is 0 Å². The molecule has 0 unspecified atom stereocenters. The number of carbonyl (C=O) groups is 2. The minimum absolute atomic E-state index is 0.0934. The molecule has 0 aliphatic heterocycles. The molecule has 2 aromatic rings. The molecule has 1 aromatic carbocycles. The molecule has 0 bridgehead atoms. The van der Waals surface area contributed by atoms with Crippen molar-refractivity contribution < 1.29 is 14.3 Å². The van der Waals surface area contributed by atoms with E-state index in [4.69, 9.17) is 4.74 Å². The number of hydrogen-bond donors (Lipinski definition) is 0. The predicted molar refractivity (Wildman–Crippen MR) is 115 cm³/mol. The highest BCUT2D eigenvalue weighted by Crippen LogP contribution is 2.20. The van der Waals surface area contributed by atoms with Gasteiger partial charge in [0.15, 0.2) is 0 Å². The zero-order valence-electron chi connectivity index (χ0n) is 18.2. The Balaban J connectivity index is 2.23. The Hall–Kier alpha value is -2.73. The van der Waals surface area contributed by atoms with Crippen LogP contribution >= 0.6 is 0 Å². The molecule has 0 N–H and O–H groups in total. The zero-order chi connectivity index (χ0) is 21.6. The molecule has 0 atom stereocenters. The van der Waals surface area contributed by atoms with Gasteiger partial charge in [-0.3, -0.25) is 14.6 Å². The summed E-state index contributed by atoms with van der Waals surface area (Å²) in [7, 11) is 3.86. The number of nitrogens with zero attached hydrogens (tertiary/aromatic N) is 3. The Morgan fingerprint density at radius 2 is 1.66 bits per heavy atom. The highest BCUT2D eigenvalue weighted by molar-refractivity contribution is 5.97. The van der Waals surface area contributed by atoms with Crippen LogP contribution in [-0.2, 0) is 9.53 Å². The minimum Gasteiger partial charge on any atom is -0.459 e. The molecule has 0 spiro atoms. The Morgan fingerprint density at radius 3 is 2.21 bits per heavy atom. The van der Waals surface area contributed by atoms with E-state index in [-0.39, 0.29) is 12.5 Å². The molecule has 1 aromatic heterocycles. The molecule has 0 radical (unpaired) electrons. The van der Waals surface area contributed by atoms with Gasteiger partial charge in [0.25, 0.3) is 5.91 Å². The summed E-state index contributed by atoms with van der Waals surface area (Å²) < 4.78 is 5.41. The van der Waals surface area contributed by atoms with Crippen LogP contribution in [0.1, 0.15) is 36.8 Å². The van der Waals surface area contributed by atoms with Gasteiger partial charge in [0, 0.05) is 18.7 Å². The molecule has 0 saturated carbocycles. The fourth-order valence-electron chi connectivity index (χ4n) is 2.83. The lowest BCUT2D eigenvalue weighted by atomic mass is 10.1. The first-order valence-electron chi connectivity index (χ1n) is 9.76. The molecule has 29 heavy (non-hydrogen) atoms. The van der Waals surface area contributed by atoms with Crippen molar-refractivity contribution in [3.63, 3.8) is 0 Å². The van der Waals surface area contributed by atoms with Crippen molar-refractivity contribution in [2.45, 2.75) is 33.3 Å². The van der Waals surface area contributed by atoms with Crippen molar-refractivity contribution in [1.29, 1.82) is 0 Å². The molecule has 2 rings (SSSR count). The van der Waals surface area contributed by atoms with E-state index in [2.05, 4.69) is 4.98 Å². The third-order valence-electron chi connectivity index (χ3n) is 4.23. The van der Waals surface area contributed by atoms with Gasteiger partial charge in [-0.15, -0.1) is 0 Å². The molecule has 0 aliphatic carbocycles. The molecule has 6 heteroatoms. The zero-order valence-corrected chi connectivity index (χ0v) is 18.2. The summed E-state index contributed by atoms with van der Waals surface area (Å²) in [4.78, 5) is 33.6. The normalized spacial score (nSPS) is 11.4. The van der Waals surface area contributed by atoms with E-state index in [1.165, 1.54) is 4.90 Å². The van der Waals surface area contributed by atoms with Gasteiger partial charge in [0.1, 0.15) is 12.1 Å². The Bertz CT molecular complexity index is 842. The van der Waals surface area contributed by atoms with Crippen LogP contribution in [0.25, 0.3) is 11.3 Å². The van der Waals surface area contributed by atoms with E-state index in [1.54, 1.807) is 6.07 Å². The van der Waals surface area contributed by atoms with Crippen molar-refractivity contribution in [2.75, 3.05) is 33.7 Å². The van der Waals surface area contributed by atoms with Crippen LogP contribution in [0.15, 0.2) is 42.5 Å². The number of amides is 1. The number of aryl methyl sites for hydroxylation is 1. The molecule has 1 heterocycles. The molecule has 0 saturated heterocycles. The minimum atomic E-state index is -0.595. The van der Waals surface area contributed by atoms with Gasteiger partial charge in [-0.1, -0.05) is 30.3 Å². The molecule has 0 fully saturated rings. The summed E-state index contributed by atoms with van der Waals surface area (Å²) in [6, 6.07) is 13.4. The highest BCUT2D eigenvalue weighted by atomic mass is 16.6. The summed E-state index contributed by atoms with van der Waals surface area (Å²) in [6.07, 6.45) is 0. The number of benzene rings is 1. The molecule has 1 amide bonds. The maximum absolute atomic E-state index is 13.2. The quantitative estimate of drug-likeness (QED) is 0.670. The summed E-state index contributed by atoms with van der Waals surface area (Å²) in [5, 5.41) is 0. The third kappa shape index (κ3) is 6.98. The van der Waals surface area contributed by atoms with Crippen LogP contribution in [0.3, 0.4) is 0 Å². The highest BCUT2D eigenvalue weighted by Gasteiger charge is 2.24. The van der Waals surface area contributed by atoms with Crippen LogP contribution in [-0.4, -0.2) is 66.0 Å². The number of aromatic nitrogens is 1. The summed E-state index contributed by atoms with van der Waals surface area (Å²) in [5.41, 5.74) is 2.34. The average Bonchev–Trinajstić information content (AvgIpc) is 2.63. The van der Waals surface area contributed by atoms with Crippen molar-refractivity contribution in [3.8, 4) is 11.3 Å². The third-order valence-corrected chi connectivity index (χ3v) is 4.23. The number of rotatable bonds is 7. The maximum Gasteiger partial charge on any atom is 0.326 e.